The first-order valence-corrected chi connectivity index (χ1v) is 11.1. The summed E-state index contributed by atoms with van der Waals surface area (Å²) in [5.74, 6) is 1.96. The number of hydrogen-bond donors (Lipinski definition) is 1. The number of para-hydroxylation sites is 1. The van der Waals surface area contributed by atoms with Crippen molar-refractivity contribution in [3.63, 3.8) is 0 Å². The second-order valence-electron chi connectivity index (χ2n) is 8.80. The van der Waals surface area contributed by atoms with Gasteiger partial charge in [-0.25, -0.2) is 4.79 Å². The van der Waals surface area contributed by atoms with Crippen LogP contribution >= 0.6 is 0 Å². The van der Waals surface area contributed by atoms with Gasteiger partial charge in [-0.1, -0.05) is 25.1 Å². The Kier molecular flexibility index (Phi) is 6.10. The largest absolute Gasteiger partial charge is 0.491 e. The molecule has 0 aliphatic carbocycles. The van der Waals surface area contributed by atoms with Gasteiger partial charge in [-0.05, 0) is 37.3 Å². The molecule has 0 bridgehead atoms. The van der Waals surface area contributed by atoms with E-state index in [1.165, 1.54) is 11.6 Å². The molecule has 32 heavy (non-hydrogen) atoms. The van der Waals surface area contributed by atoms with Crippen molar-refractivity contribution in [3.8, 4) is 5.75 Å². The summed E-state index contributed by atoms with van der Waals surface area (Å²) in [5.41, 5.74) is 0.797. The number of piperidine rings is 1. The molecule has 1 aliphatic rings. The van der Waals surface area contributed by atoms with E-state index in [0.29, 0.717) is 28.8 Å². The number of aliphatic hydroxyl groups is 1. The van der Waals surface area contributed by atoms with E-state index in [4.69, 9.17) is 9.72 Å². The van der Waals surface area contributed by atoms with Crippen molar-refractivity contribution >= 4 is 17.1 Å². The van der Waals surface area contributed by atoms with Crippen LogP contribution < -0.4 is 20.9 Å². The number of imidazole rings is 1. The number of hydrogen-bond acceptors (Lipinski definition) is 6. The third-order valence-electron chi connectivity index (χ3n) is 6.31. The summed E-state index contributed by atoms with van der Waals surface area (Å²) >= 11 is 0. The SMILES string of the molecule is Cc1ccccc1OC[C@@H](O)Cn1c(N2CCC(C)CC2)nc2c1c(=O)n(C)c(=O)n2C. The highest BCUT2D eigenvalue weighted by Crippen LogP contribution is 2.25. The third-order valence-corrected chi connectivity index (χ3v) is 6.31. The van der Waals surface area contributed by atoms with Crippen LogP contribution in [0.3, 0.4) is 0 Å². The Balaban J connectivity index is 1.71. The lowest BCUT2D eigenvalue weighted by molar-refractivity contribution is 0.0932. The highest BCUT2D eigenvalue weighted by Gasteiger charge is 2.26. The van der Waals surface area contributed by atoms with E-state index in [0.717, 1.165) is 36.1 Å². The van der Waals surface area contributed by atoms with Gasteiger partial charge in [-0.3, -0.25) is 13.9 Å². The third kappa shape index (κ3) is 4.04. The number of anilines is 1. The molecule has 0 unspecified atom stereocenters. The molecule has 1 aromatic carbocycles. The second kappa shape index (κ2) is 8.82. The second-order valence-corrected chi connectivity index (χ2v) is 8.80. The zero-order chi connectivity index (χ0) is 23.0. The van der Waals surface area contributed by atoms with Crippen LogP contribution in [-0.4, -0.2) is 49.6 Å². The quantitative estimate of drug-likeness (QED) is 0.622. The number of aromatic nitrogens is 4. The Morgan fingerprint density at radius 1 is 1.16 bits per heavy atom. The molecule has 9 nitrogen and oxygen atoms in total. The van der Waals surface area contributed by atoms with Crippen LogP contribution in [0.4, 0.5) is 5.95 Å². The summed E-state index contributed by atoms with van der Waals surface area (Å²) in [7, 11) is 3.07. The fraction of sp³-hybridized carbons (Fsp3) is 0.522. The van der Waals surface area contributed by atoms with E-state index in [1.54, 1.807) is 11.6 Å². The summed E-state index contributed by atoms with van der Waals surface area (Å²) in [6, 6.07) is 7.63. The van der Waals surface area contributed by atoms with Crippen LogP contribution in [0.1, 0.15) is 25.3 Å². The Labute approximate surface area is 186 Å². The number of fused-ring (bicyclic) bond motifs is 1. The van der Waals surface area contributed by atoms with Gasteiger partial charge < -0.3 is 19.3 Å². The molecule has 0 radical (unpaired) electrons. The molecular weight excluding hydrogens is 410 g/mol. The van der Waals surface area contributed by atoms with Crippen molar-refractivity contribution < 1.29 is 9.84 Å². The molecule has 1 aliphatic heterocycles. The van der Waals surface area contributed by atoms with Crippen LogP contribution in [0.25, 0.3) is 11.2 Å². The standard InChI is InChI=1S/C23H31N5O4/c1-15-9-11-27(12-10-15)22-24-20-19(21(30)26(4)23(31)25(20)3)28(22)13-17(29)14-32-18-8-6-5-7-16(18)2/h5-8,15,17,29H,9-14H2,1-4H3/t17-/m0/s1. The predicted octanol–water partition coefficient (Wildman–Crippen LogP) is 1.42. The van der Waals surface area contributed by atoms with Crippen molar-refractivity contribution in [2.24, 2.45) is 20.0 Å². The maximum Gasteiger partial charge on any atom is 0.332 e. The number of aliphatic hydroxyl groups excluding tert-OH is 1. The van der Waals surface area contributed by atoms with Gasteiger partial charge in [-0.2, -0.15) is 4.98 Å². The number of aryl methyl sites for hydroxylation is 2. The first-order valence-electron chi connectivity index (χ1n) is 11.1. The number of rotatable bonds is 6. The van der Waals surface area contributed by atoms with Gasteiger partial charge in [0.15, 0.2) is 11.2 Å². The van der Waals surface area contributed by atoms with Gasteiger partial charge in [0.2, 0.25) is 5.95 Å². The van der Waals surface area contributed by atoms with E-state index < -0.39 is 17.4 Å². The van der Waals surface area contributed by atoms with Crippen LogP contribution in [0.2, 0.25) is 0 Å². The van der Waals surface area contributed by atoms with Gasteiger partial charge in [0, 0.05) is 27.2 Å². The number of benzene rings is 1. The van der Waals surface area contributed by atoms with E-state index in [2.05, 4.69) is 11.8 Å². The molecule has 0 saturated carbocycles. The fourth-order valence-electron chi connectivity index (χ4n) is 4.23. The van der Waals surface area contributed by atoms with Crippen molar-refractivity contribution in [3.05, 3.63) is 50.7 Å². The molecule has 0 spiro atoms. The van der Waals surface area contributed by atoms with E-state index in [9.17, 15) is 14.7 Å². The smallest absolute Gasteiger partial charge is 0.332 e. The molecule has 3 heterocycles. The summed E-state index contributed by atoms with van der Waals surface area (Å²) < 4.78 is 10.0. The Morgan fingerprint density at radius 3 is 2.53 bits per heavy atom. The van der Waals surface area contributed by atoms with Crippen molar-refractivity contribution in [2.75, 3.05) is 24.6 Å². The highest BCUT2D eigenvalue weighted by molar-refractivity contribution is 5.74. The van der Waals surface area contributed by atoms with E-state index in [1.807, 2.05) is 31.2 Å². The average Bonchev–Trinajstić information content (AvgIpc) is 3.15. The highest BCUT2D eigenvalue weighted by atomic mass is 16.5. The first-order chi connectivity index (χ1) is 15.3. The Morgan fingerprint density at radius 2 is 1.84 bits per heavy atom. The molecule has 1 N–H and O–H groups in total. The normalized spacial score (nSPS) is 16.0. The van der Waals surface area contributed by atoms with Crippen LogP contribution in [0.5, 0.6) is 5.75 Å². The van der Waals surface area contributed by atoms with Gasteiger partial charge >= 0.3 is 5.69 Å². The Bertz CT molecular complexity index is 1230. The van der Waals surface area contributed by atoms with E-state index in [-0.39, 0.29) is 13.2 Å². The van der Waals surface area contributed by atoms with Gasteiger partial charge in [0.1, 0.15) is 18.5 Å². The fourth-order valence-corrected chi connectivity index (χ4v) is 4.23. The lowest BCUT2D eigenvalue weighted by atomic mass is 10.00. The van der Waals surface area contributed by atoms with Crippen LogP contribution in [0.15, 0.2) is 33.9 Å². The summed E-state index contributed by atoms with van der Waals surface area (Å²) in [6.07, 6.45) is 1.19. The summed E-state index contributed by atoms with van der Waals surface area (Å²) in [4.78, 5) is 32.3. The minimum Gasteiger partial charge on any atom is -0.491 e. The molecule has 2 aromatic heterocycles. The Hall–Kier alpha value is -3.07. The van der Waals surface area contributed by atoms with Crippen molar-refractivity contribution in [1.82, 2.24) is 18.7 Å². The molecule has 172 valence electrons. The van der Waals surface area contributed by atoms with Crippen molar-refractivity contribution in [1.29, 1.82) is 0 Å². The molecule has 1 atom stereocenters. The van der Waals surface area contributed by atoms with Crippen molar-refractivity contribution in [2.45, 2.75) is 39.3 Å². The van der Waals surface area contributed by atoms with Crippen LogP contribution in [0, 0.1) is 12.8 Å². The van der Waals surface area contributed by atoms with Crippen LogP contribution in [-0.2, 0) is 20.6 Å². The lowest BCUT2D eigenvalue weighted by Gasteiger charge is -2.31. The molecular formula is C23H31N5O4. The summed E-state index contributed by atoms with van der Waals surface area (Å²) in [6.45, 7) is 6.02. The maximum absolute atomic E-state index is 13.0. The molecule has 1 fully saturated rings. The molecule has 4 rings (SSSR count). The molecule has 9 heteroatoms. The first kappa shape index (κ1) is 22.1. The maximum atomic E-state index is 13.0. The van der Waals surface area contributed by atoms with Gasteiger partial charge in [-0.15, -0.1) is 0 Å². The van der Waals surface area contributed by atoms with E-state index >= 15 is 0 Å². The number of ether oxygens (including phenoxy) is 1. The van der Waals surface area contributed by atoms with Gasteiger partial charge in [0.25, 0.3) is 5.56 Å². The molecule has 1 saturated heterocycles. The average molecular weight is 442 g/mol. The predicted molar refractivity (Wildman–Crippen MR) is 124 cm³/mol. The monoisotopic (exact) mass is 441 g/mol. The molecule has 3 aromatic rings. The zero-order valence-electron chi connectivity index (χ0n) is 19.1. The zero-order valence-corrected chi connectivity index (χ0v) is 19.1. The topological polar surface area (TPSA) is 94.5 Å². The minimum absolute atomic E-state index is 0.0765. The molecule has 0 amide bonds. The lowest BCUT2D eigenvalue weighted by Crippen LogP contribution is -2.38. The minimum atomic E-state index is -0.864. The number of nitrogens with zero attached hydrogens (tertiary/aromatic N) is 5. The van der Waals surface area contributed by atoms with Gasteiger partial charge in [0.05, 0.1) is 6.54 Å². The summed E-state index contributed by atoms with van der Waals surface area (Å²) in [5, 5.41) is 10.8.